The van der Waals surface area contributed by atoms with Crippen LogP contribution in [0.5, 0.6) is 0 Å². The van der Waals surface area contributed by atoms with E-state index >= 15 is 0 Å². The monoisotopic (exact) mass is 186 g/mol. The number of likely N-dealkylation sites (N-methyl/N-ethyl adjacent to an activating group) is 1. The Labute approximate surface area is 79.1 Å². The molecule has 13 heavy (non-hydrogen) atoms. The molecule has 1 aliphatic rings. The van der Waals surface area contributed by atoms with E-state index in [9.17, 15) is 9.90 Å². The average molecular weight is 186 g/mol. The molecule has 1 saturated heterocycles. The topological polar surface area (TPSA) is 43.8 Å². The summed E-state index contributed by atoms with van der Waals surface area (Å²) in [6, 6.07) is 0. The van der Waals surface area contributed by atoms with Crippen LogP contribution in [0.1, 0.15) is 13.8 Å². The van der Waals surface area contributed by atoms with E-state index in [1.54, 1.807) is 18.9 Å². The lowest BCUT2D eigenvalue weighted by Crippen LogP contribution is -2.61. The molecular formula is C9H18N2O2. The van der Waals surface area contributed by atoms with Gasteiger partial charge in [0.25, 0.3) is 0 Å². The van der Waals surface area contributed by atoms with Crippen LogP contribution in [0.25, 0.3) is 0 Å². The highest BCUT2D eigenvalue weighted by molar-refractivity contribution is 5.78. The van der Waals surface area contributed by atoms with E-state index in [2.05, 4.69) is 0 Å². The molecule has 0 saturated carbocycles. The molecule has 0 unspecified atom stereocenters. The van der Waals surface area contributed by atoms with Crippen LogP contribution >= 0.6 is 0 Å². The molecule has 0 radical (unpaired) electrons. The van der Waals surface area contributed by atoms with Crippen molar-refractivity contribution in [2.45, 2.75) is 19.4 Å². The number of hydrogen-bond donors (Lipinski definition) is 1. The number of aliphatic hydroxyl groups is 1. The standard InChI is InChI=1S/C9H18N2O2/c1-4-10(3)8(12)5-11-6-9(2,13)7-11/h13H,4-7H2,1-3H3. The van der Waals surface area contributed by atoms with Gasteiger partial charge in [0.2, 0.25) is 5.91 Å². The molecule has 0 aromatic heterocycles. The molecule has 1 amide bonds. The molecular weight excluding hydrogens is 168 g/mol. The van der Waals surface area contributed by atoms with Crippen LogP contribution in [0.15, 0.2) is 0 Å². The molecule has 1 N–H and O–H groups in total. The minimum atomic E-state index is -0.578. The van der Waals surface area contributed by atoms with Crippen LogP contribution in [0.3, 0.4) is 0 Å². The lowest BCUT2D eigenvalue weighted by atomic mass is 9.97. The molecule has 0 aliphatic carbocycles. The predicted octanol–water partition coefficient (Wildman–Crippen LogP) is -0.469. The largest absolute Gasteiger partial charge is 0.388 e. The van der Waals surface area contributed by atoms with Crippen molar-refractivity contribution in [2.24, 2.45) is 0 Å². The number of amides is 1. The molecule has 1 heterocycles. The van der Waals surface area contributed by atoms with E-state index in [0.29, 0.717) is 19.6 Å². The third-order valence-electron chi connectivity index (χ3n) is 2.39. The summed E-state index contributed by atoms with van der Waals surface area (Å²) in [6.45, 7) is 6.12. The average Bonchev–Trinajstić information content (AvgIpc) is 1.99. The van der Waals surface area contributed by atoms with Gasteiger partial charge in [0.1, 0.15) is 0 Å². The van der Waals surface area contributed by atoms with Gasteiger partial charge in [-0.1, -0.05) is 0 Å². The Bertz CT molecular complexity index is 196. The fraction of sp³-hybridized carbons (Fsp3) is 0.889. The normalized spacial score (nSPS) is 20.9. The summed E-state index contributed by atoms with van der Waals surface area (Å²) in [7, 11) is 1.79. The zero-order valence-corrected chi connectivity index (χ0v) is 8.58. The van der Waals surface area contributed by atoms with Gasteiger partial charge in [-0.15, -0.1) is 0 Å². The number of nitrogens with zero attached hydrogens (tertiary/aromatic N) is 2. The zero-order chi connectivity index (χ0) is 10.1. The summed E-state index contributed by atoms with van der Waals surface area (Å²) in [5, 5.41) is 9.43. The van der Waals surface area contributed by atoms with Crippen molar-refractivity contribution in [1.82, 2.24) is 9.80 Å². The predicted molar refractivity (Wildman–Crippen MR) is 50.4 cm³/mol. The first-order valence-electron chi connectivity index (χ1n) is 4.63. The van der Waals surface area contributed by atoms with E-state index in [1.807, 2.05) is 11.8 Å². The Morgan fingerprint density at radius 3 is 2.54 bits per heavy atom. The molecule has 1 aliphatic heterocycles. The smallest absolute Gasteiger partial charge is 0.236 e. The highest BCUT2D eigenvalue weighted by Gasteiger charge is 2.37. The second-order valence-electron chi connectivity index (χ2n) is 4.05. The summed E-state index contributed by atoms with van der Waals surface area (Å²) >= 11 is 0. The SMILES string of the molecule is CCN(C)C(=O)CN1CC(C)(O)C1. The van der Waals surface area contributed by atoms with Crippen molar-refractivity contribution < 1.29 is 9.90 Å². The Kier molecular flexibility index (Phi) is 2.93. The summed E-state index contributed by atoms with van der Waals surface area (Å²) in [5.74, 6) is 0.123. The van der Waals surface area contributed by atoms with Crippen LogP contribution < -0.4 is 0 Å². The number of hydrogen-bond acceptors (Lipinski definition) is 3. The number of carbonyl (C=O) groups excluding carboxylic acids is 1. The first kappa shape index (κ1) is 10.5. The molecule has 1 rings (SSSR count). The summed E-state index contributed by atoms with van der Waals surface area (Å²) in [5.41, 5.74) is -0.578. The maximum atomic E-state index is 11.4. The number of β-amino-alcohol motifs (C(OH)–C–C–N with tert-alkyl or cyclic N) is 1. The maximum absolute atomic E-state index is 11.4. The van der Waals surface area contributed by atoms with Crippen molar-refractivity contribution in [2.75, 3.05) is 33.2 Å². The van der Waals surface area contributed by atoms with Gasteiger partial charge in [0.15, 0.2) is 0 Å². The minimum Gasteiger partial charge on any atom is -0.388 e. The van der Waals surface area contributed by atoms with E-state index in [-0.39, 0.29) is 5.91 Å². The molecule has 0 spiro atoms. The molecule has 1 fully saturated rings. The summed E-state index contributed by atoms with van der Waals surface area (Å²) in [4.78, 5) is 15.0. The van der Waals surface area contributed by atoms with Gasteiger partial charge in [-0.2, -0.15) is 0 Å². The molecule has 4 nitrogen and oxygen atoms in total. The fourth-order valence-corrected chi connectivity index (χ4v) is 1.52. The highest BCUT2D eigenvalue weighted by atomic mass is 16.3. The van der Waals surface area contributed by atoms with Crippen molar-refractivity contribution in [3.8, 4) is 0 Å². The minimum absolute atomic E-state index is 0.123. The van der Waals surface area contributed by atoms with E-state index in [0.717, 1.165) is 6.54 Å². The first-order valence-corrected chi connectivity index (χ1v) is 4.63. The Balaban J connectivity index is 2.24. The van der Waals surface area contributed by atoms with Gasteiger partial charge in [0, 0.05) is 26.7 Å². The zero-order valence-electron chi connectivity index (χ0n) is 8.58. The molecule has 0 bridgehead atoms. The Morgan fingerprint density at radius 1 is 1.62 bits per heavy atom. The number of rotatable bonds is 3. The number of likely N-dealkylation sites (tertiary alicyclic amines) is 1. The molecule has 76 valence electrons. The van der Waals surface area contributed by atoms with Crippen LogP contribution in [0, 0.1) is 0 Å². The highest BCUT2D eigenvalue weighted by Crippen LogP contribution is 2.18. The van der Waals surface area contributed by atoms with Crippen LogP contribution in [-0.2, 0) is 4.79 Å². The lowest BCUT2D eigenvalue weighted by Gasteiger charge is -2.44. The van der Waals surface area contributed by atoms with Crippen LogP contribution in [-0.4, -0.2) is 59.6 Å². The molecule has 4 heteroatoms. The van der Waals surface area contributed by atoms with Gasteiger partial charge >= 0.3 is 0 Å². The van der Waals surface area contributed by atoms with Crippen LogP contribution in [0.4, 0.5) is 0 Å². The Morgan fingerprint density at radius 2 is 2.15 bits per heavy atom. The lowest BCUT2D eigenvalue weighted by molar-refractivity contribution is -0.138. The van der Waals surface area contributed by atoms with Gasteiger partial charge in [-0.25, -0.2) is 0 Å². The fourth-order valence-electron chi connectivity index (χ4n) is 1.52. The summed E-state index contributed by atoms with van der Waals surface area (Å²) < 4.78 is 0. The van der Waals surface area contributed by atoms with Crippen molar-refractivity contribution in [3.63, 3.8) is 0 Å². The van der Waals surface area contributed by atoms with Crippen molar-refractivity contribution >= 4 is 5.91 Å². The van der Waals surface area contributed by atoms with Gasteiger partial charge in [-0.05, 0) is 13.8 Å². The van der Waals surface area contributed by atoms with Gasteiger partial charge < -0.3 is 10.0 Å². The second-order valence-corrected chi connectivity index (χ2v) is 4.05. The number of carbonyl (C=O) groups is 1. The van der Waals surface area contributed by atoms with Crippen molar-refractivity contribution in [3.05, 3.63) is 0 Å². The maximum Gasteiger partial charge on any atom is 0.236 e. The molecule has 0 aromatic carbocycles. The van der Waals surface area contributed by atoms with Gasteiger partial charge in [0.05, 0.1) is 12.1 Å². The quantitative estimate of drug-likeness (QED) is 0.648. The van der Waals surface area contributed by atoms with E-state index in [4.69, 9.17) is 0 Å². The second kappa shape index (κ2) is 3.64. The van der Waals surface area contributed by atoms with Crippen molar-refractivity contribution in [1.29, 1.82) is 0 Å². The van der Waals surface area contributed by atoms with E-state index in [1.165, 1.54) is 0 Å². The van der Waals surface area contributed by atoms with Gasteiger partial charge in [-0.3, -0.25) is 9.69 Å². The first-order chi connectivity index (χ1) is 5.94. The Hall–Kier alpha value is -0.610. The van der Waals surface area contributed by atoms with E-state index < -0.39 is 5.60 Å². The molecule has 0 atom stereocenters. The van der Waals surface area contributed by atoms with Crippen LogP contribution in [0.2, 0.25) is 0 Å². The molecule has 0 aromatic rings. The third kappa shape index (κ3) is 2.67. The third-order valence-corrected chi connectivity index (χ3v) is 2.39. The summed E-state index contributed by atoms with van der Waals surface area (Å²) in [6.07, 6.45) is 0.